The first kappa shape index (κ1) is 17.8. The van der Waals surface area contributed by atoms with Gasteiger partial charge >= 0.3 is 0 Å². The molecule has 0 aliphatic heterocycles. The number of aromatic nitrogens is 4. The standard InChI is InChI=1S/C31H18N4/c1-2-4-19-17(3-1)13-23-20(19)6-7-22-24(23)14-18-5-8-27-30(29(18)22)35-28-10-12-33-15-25(28)21-9-11-32-16-26(21)31(35)34-27/h1-12,15-16H,13-14H2. The van der Waals surface area contributed by atoms with Crippen LogP contribution in [0.1, 0.15) is 22.3 Å². The third-order valence-electron chi connectivity index (χ3n) is 8.04. The van der Waals surface area contributed by atoms with Crippen molar-refractivity contribution in [2.75, 3.05) is 0 Å². The van der Waals surface area contributed by atoms with Gasteiger partial charge in [0.2, 0.25) is 0 Å². The molecule has 0 bridgehead atoms. The Morgan fingerprint density at radius 3 is 2.40 bits per heavy atom. The quantitative estimate of drug-likeness (QED) is 0.243. The molecule has 4 heterocycles. The summed E-state index contributed by atoms with van der Waals surface area (Å²) in [6.07, 6.45) is 9.61. The van der Waals surface area contributed by atoms with Crippen molar-refractivity contribution in [1.82, 2.24) is 19.4 Å². The van der Waals surface area contributed by atoms with Crippen LogP contribution in [0.2, 0.25) is 0 Å². The molecule has 0 saturated heterocycles. The fourth-order valence-electron chi connectivity index (χ4n) is 6.57. The molecule has 0 saturated carbocycles. The Hall–Kier alpha value is -4.57. The summed E-state index contributed by atoms with van der Waals surface area (Å²) in [5, 5.41) is 3.32. The molecule has 35 heavy (non-hydrogen) atoms. The van der Waals surface area contributed by atoms with Crippen LogP contribution in [-0.4, -0.2) is 19.4 Å². The zero-order valence-corrected chi connectivity index (χ0v) is 18.8. The van der Waals surface area contributed by atoms with Crippen LogP contribution in [0.15, 0.2) is 85.5 Å². The predicted octanol–water partition coefficient (Wildman–Crippen LogP) is 6.73. The van der Waals surface area contributed by atoms with Crippen molar-refractivity contribution in [3.05, 3.63) is 108 Å². The van der Waals surface area contributed by atoms with Gasteiger partial charge in [-0.15, -0.1) is 0 Å². The first-order valence-electron chi connectivity index (χ1n) is 12.0. The predicted molar refractivity (Wildman–Crippen MR) is 140 cm³/mol. The van der Waals surface area contributed by atoms with Crippen molar-refractivity contribution in [2.24, 2.45) is 0 Å². The van der Waals surface area contributed by atoms with Gasteiger partial charge in [-0.3, -0.25) is 14.4 Å². The Balaban J connectivity index is 1.44. The molecule has 4 nitrogen and oxygen atoms in total. The Morgan fingerprint density at radius 1 is 0.629 bits per heavy atom. The summed E-state index contributed by atoms with van der Waals surface area (Å²) in [4.78, 5) is 14.0. The smallest absolute Gasteiger partial charge is 0.147 e. The van der Waals surface area contributed by atoms with E-state index in [1.165, 1.54) is 50.0 Å². The first-order valence-corrected chi connectivity index (χ1v) is 12.0. The van der Waals surface area contributed by atoms with Crippen molar-refractivity contribution in [3.63, 3.8) is 0 Å². The molecule has 4 heteroatoms. The van der Waals surface area contributed by atoms with Crippen LogP contribution in [0, 0.1) is 0 Å². The molecular formula is C31H18N4. The summed E-state index contributed by atoms with van der Waals surface area (Å²) >= 11 is 0. The van der Waals surface area contributed by atoms with E-state index in [1.807, 2.05) is 24.8 Å². The van der Waals surface area contributed by atoms with E-state index in [-0.39, 0.29) is 0 Å². The first-order chi connectivity index (χ1) is 17.4. The molecule has 0 amide bonds. The van der Waals surface area contributed by atoms with Crippen molar-refractivity contribution in [2.45, 2.75) is 12.8 Å². The highest BCUT2D eigenvalue weighted by molar-refractivity contribution is 6.15. The molecule has 2 aliphatic rings. The van der Waals surface area contributed by atoms with E-state index in [9.17, 15) is 0 Å². The minimum atomic E-state index is 0.956. The Morgan fingerprint density at radius 2 is 1.43 bits per heavy atom. The van der Waals surface area contributed by atoms with E-state index in [2.05, 4.69) is 75.0 Å². The summed E-state index contributed by atoms with van der Waals surface area (Å²) in [5.74, 6) is 0. The molecule has 4 aromatic heterocycles. The monoisotopic (exact) mass is 446 g/mol. The highest BCUT2D eigenvalue weighted by Crippen LogP contribution is 2.49. The van der Waals surface area contributed by atoms with Gasteiger partial charge < -0.3 is 0 Å². The second-order valence-corrected chi connectivity index (χ2v) is 9.68. The van der Waals surface area contributed by atoms with Crippen molar-refractivity contribution in [3.8, 4) is 22.3 Å². The molecule has 162 valence electrons. The summed E-state index contributed by atoms with van der Waals surface area (Å²) in [6, 6.07) is 22.2. The van der Waals surface area contributed by atoms with Crippen LogP contribution >= 0.6 is 0 Å². The van der Waals surface area contributed by atoms with Crippen LogP contribution < -0.4 is 0 Å². The van der Waals surface area contributed by atoms with Gasteiger partial charge in [0.25, 0.3) is 0 Å². The van der Waals surface area contributed by atoms with Gasteiger partial charge in [0, 0.05) is 41.1 Å². The maximum atomic E-state index is 5.15. The molecule has 2 aliphatic carbocycles. The molecule has 0 spiro atoms. The van der Waals surface area contributed by atoms with E-state index < -0.39 is 0 Å². The zero-order valence-electron chi connectivity index (χ0n) is 18.8. The van der Waals surface area contributed by atoms with Crippen molar-refractivity contribution < 1.29 is 0 Å². The lowest BCUT2D eigenvalue weighted by Crippen LogP contribution is -1.94. The molecule has 9 rings (SSSR count). The second kappa shape index (κ2) is 6.10. The minimum absolute atomic E-state index is 0.956. The topological polar surface area (TPSA) is 43.1 Å². The largest absolute Gasteiger partial charge is 0.291 e. The van der Waals surface area contributed by atoms with E-state index in [4.69, 9.17) is 4.98 Å². The minimum Gasteiger partial charge on any atom is -0.291 e. The third kappa shape index (κ3) is 2.11. The summed E-state index contributed by atoms with van der Waals surface area (Å²) < 4.78 is 2.34. The molecule has 7 aromatic rings. The van der Waals surface area contributed by atoms with E-state index in [0.717, 1.165) is 45.7 Å². The van der Waals surface area contributed by atoms with Crippen molar-refractivity contribution >= 4 is 38.4 Å². The maximum Gasteiger partial charge on any atom is 0.147 e. The van der Waals surface area contributed by atoms with Crippen LogP contribution in [-0.2, 0) is 12.8 Å². The summed E-state index contributed by atoms with van der Waals surface area (Å²) in [5.41, 5.74) is 15.5. The molecule has 3 aromatic carbocycles. The maximum absolute atomic E-state index is 5.15. The highest BCUT2D eigenvalue weighted by Gasteiger charge is 2.30. The van der Waals surface area contributed by atoms with E-state index in [0.29, 0.717) is 0 Å². The van der Waals surface area contributed by atoms with Crippen LogP contribution in [0.3, 0.4) is 0 Å². The fraction of sp³-hybridized carbons (Fsp3) is 0.0645. The molecule has 0 atom stereocenters. The number of hydrogen-bond acceptors (Lipinski definition) is 3. The van der Waals surface area contributed by atoms with Gasteiger partial charge in [0.05, 0.1) is 16.6 Å². The molecule has 0 N–H and O–H groups in total. The second-order valence-electron chi connectivity index (χ2n) is 9.68. The Kier molecular flexibility index (Phi) is 3.11. The average molecular weight is 447 g/mol. The van der Waals surface area contributed by atoms with E-state index in [1.54, 1.807) is 0 Å². The third-order valence-corrected chi connectivity index (χ3v) is 8.04. The van der Waals surface area contributed by atoms with Crippen LogP contribution in [0.5, 0.6) is 0 Å². The molecule has 0 fully saturated rings. The number of imidazole rings is 1. The van der Waals surface area contributed by atoms with Gasteiger partial charge in [-0.2, -0.15) is 0 Å². The average Bonchev–Trinajstić information content (AvgIpc) is 3.59. The lowest BCUT2D eigenvalue weighted by atomic mass is 9.96. The van der Waals surface area contributed by atoms with Gasteiger partial charge in [-0.25, -0.2) is 4.98 Å². The normalized spacial score (nSPS) is 13.5. The number of rotatable bonds is 0. The molecule has 0 unspecified atom stereocenters. The number of nitrogens with zero attached hydrogens (tertiary/aromatic N) is 4. The Labute approximate surface area is 200 Å². The SMILES string of the molecule is c1ccc2c(c1)Cc1c-2ccc2c1Cc1ccc3nc4c5cnccc5c5cnccc5n4c3c1-2. The highest BCUT2D eigenvalue weighted by atomic mass is 15.0. The number of fused-ring (bicyclic) bond motifs is 16. The van der Waals surface area contributed by atoms with Crippen LogP contribution in [0.4, 0.5) is 0 Å². The van der Waals surface area contributed by atoms with Gasteiger partial charge in [0.1, 0.15) is 5.65 Å². The van der Waals surface area contributed by atoms with Crippen molar-refractivity contribution in [1.29, 1.82) is 0 Å². The lowest BCUT2D eigenvalue weighted by Gasteiger charge is -2.11. The summed E-state index contributed by atoms with van der Waals surface area (Å²) in [6.45, 7) is 0. The molecule has 0 radical (unpaired) electrons. The van der Waals surface area contributed by atoms with E-state index >= 15 is 0 Å². The number of benzene rings is 3. The van der Waals surface area contributed by atoms with Gasteiger partial charge in [-0.05, 0) is 75.4 Å². The van der Waals surface area contributed by atoms with Crippen LogP contribution in [0.25, 0.3) is 60.6 Å². The number of hydrogen-bond donors (Lipinski definition) is 0. The zero-order chi connectivity index (χ0) is 22.7. The van der Waals surface area contributed by atoms with Gasteiger partial charge in [0.15, 0.2) is 0 Å². The number of pyridine rings is 3. The lowest BCUT2D eigenvalue weighted by molar-refractivity contribution is 1.16. The Bertz CT molecular complexity index is 2070. The summed E-state index contributed by atoms with van der Waals surface area (Å²) in [7, 11) is 0. The van der Waals surface area contributed by atoms with Gasteiger partial charge in [-0.1, -0.05) is 42.5 Å². The molecular weight excluding hydrogens is 428 g/mol. The fourth-order valence-corrected chi connectivity index (χ4v) is 6.57.